The molecule has 8 heteroatoms. The molecule has 156 valence electrons. The number of amides is 2. The predicted molar refractivity (Wildman–Crippen MR) is 123 cm³/mol. The number of fused-ring (bicyclic) bond motifs is 1. The standard InChI is InChI=1S/C22H20Br2N2O4/c1-13-3-7-18(14(2)9-13)29-11-20(27)25-26-21(28)12-30-19-8-4-15-10-16(23)5-6-17(15)22(19)24/h3-10H,11-12H2,1-2H3,(H,25,27)(H,26,28). The van der Waals surface area contributed by atoms with Crippen LogP contribution < -0.4 is 20.3 Å². The third-order valence-electron chi connectivity index (χ3n) is 4.27. The average Bonchev–Trinajstić information content (AvgIpc) is 2.71. The quantitative estimate of drug-likeness (QED) is 0.453. The summed E-state index contributed by atoms with van der Waals surface area (Å²) >= 11 is 6.96. The molecule has 6 nitrogen and oxygen atoms in total. The number of rotatable bonds is 6. The van der Waals surface area contributed by atoms with E-state index in [1.165, 1.54) is 0 Å². The third kappa shape index (κ3) is 5.73. The summed E-state index contributed by atoms with van der Waals surface area (Å²) in [5.74, 6) is 0.196. The van der Waals surface area contributed by atoms with Crippen LogP contribution in [0.25, 0.3) is 10.8 Å². The van der Waals surface area contributed by atoms with Gasteiger partial charge >= 0.3 is 0 Å². The molecule has 0 aliphatic heterocycles. The van der Waals surface area contributed by atoms with Crippen LogP contribution in [-0.4, -0.2) is 25.0 Å². The van der Waals surface area contributed by atoms with Crippen molar-refractivity contribution in [2.45, 2.75) is 13.8 Å². The van der Waals surface area contributed by atoms with Crippen LogP contribution in [0.2, 0.25) is 0 Å². The first-order valence-electron chi connectivity index (χ1n) is 9.12. The fourth-order valence-electron chi connectivity index (χ4n) is 2.81. The van der Waals surface area contributed by atoms with Gasteiger partial charge in [-0.3, -0.25) is 20.4 Å². The lowest BCUT2D eigenvalue weighted by molar-refractivity contribution is -0.131. The minimum absolute atomic E-state index is 0.211. The lowest BCUT2D eigenvalue weighted by Crippen LogP contribution is -2.45. The molecule has 0 radical (unpaired) electrons. The van der Waals surface area contributed by atoms with E-state index in [2.05, 4.69) is 42.7 Å². The lowest BCUT2D eigenvalue weighted by Gasteiger charge is -2.12. The molecule has 0 unspecified atom stereocenters. The van der Waals surface area contributed by atoms with Crippen molar-refractivity contribution in [3.63, 3.8) is 0 Å². The Balaban J connectivity index is 1.46. The number of hydrogen-bond donors (Lipinski definition) is 2. The normalized spacial score (nSPS) is 10.5. The van der Waals surface area contributed by atoms with Crippen molar-refractivity contribution in [1.29, 1.82) is 0 Å². The number of carbonyl (C=O) groups excluding carboxylic acids is 2. The monoisotopic (exact) mass is 534 g/mol. The zero-order valence-electron chi connectivity index (χ0n) is 16.4. The number of hydrazine groups is 1. The van der Waals surface area contributed by atoms with Crippen molar-refractivity contribution in [1.82, 2.24) is 10.9 Å². The van der Waals surface area contributed by atoms with E-state index in [0.29, 0.717) is 11.5 Å². The first-order valence-corrected chi connectivity index (χ1v) is 10.7. The topological polar surface area (TPSA) is 76.7 Å². The van der Waals surface area contributed by atoms with E-state index >= 15 is 0 Å². The molecule has 0 bridgehead atoms. The fourth-order valence-corrected chi connectivity index (χ4v) is 3.80. The number of carbonyl (C=O) groups is 2. The molecule has 3 rings (SSSR count). The maximum atomic E-state index is 12.0. The highest BCUT2D eigenvalue weighted by Crippen LogP contribution is 2.34. The molecule has 0 aliphatic carbocycles. The van der Waals surface area contributed by atoms with Gasteiger partial charge in [-0.25, -0.2) is 0 Å². The van der Waals surface area contributed by atoms with Gasteiger partial charge in [0.15, 0.2) is 13.2 Å². The first kappa shape index (κ1) is 22.1. The zero-order chi connectivity index (χ0) is 21.7. The highest BCUT2D eigenvalue weighted by atomic mass is 79.9. The number of ether oxygens (including phenoxy) is 2. The molecule has 0 fully saturated rings. The van der Waals surface area contributed by atoms with Crippen molar-refractivity contribution in [3.05, 3.63) is 68.6 Å². The van der Waals surface area contributed by atoms with Crippen molar-refractivity contribution < 1.29 is 19.1 Å². The minimum atomic E-state index is -0.488. The molecular weight excluding hydrogens is 516 g/mol. The molecule has 0 aliphatic rings. The second-order valence-electron chi connectivity index (χ2n) is 6.69. The minimum Gasteiger partial charge on any atom is -0.483 e. The Bertz CT molecular complexity index is 1100. The molecule has 3 aromatic carbocycles. The fraction of sp³-hybridized carbons (Fsp3) is 0.182. The van der Waals surface area contributed by atoms with Gasteiger partial charge in [0.1, 0.15) is 11.5 Å². The highest BCUT2D eigenvalue weighted by molar-refractivity contribution is 9.11. The van der Waals surface area contributed by atoms with Gasteiger partial charge in [-0.05, 0) is 70.4 Å². The van der Waals surface area contributed by atoms with Crippen LogP contribution in [0.15, 0.2) is 57.5 Å². The van der Waals surface area contributed by atoms with Gasteiger partial charge in [0.25, 0.3) is 11.8 Å². The molecule has 0 saturated heterocycles. The molecule has 0 aromatic heterocycles. The highest BCUT2D eigenvalue weighted by Gasteiger charge is 2.11. The summed E-state index contributed by atoms with van der Waals surface area (Å²) in [6.07, 6.45) is 0. The summed E-state index contributed by atoms with van der Waals surface area (Å²) in [4.78, 5) is 23.9. The second-order valence-corrected chi connectivity index (χ2v) is 8.39. The molecule has 2 N–H and O–H groups in total. The number of halogens is 2. The van der Waals surface area contributed by atoms with Gasteiger partial charge < -0.3 is 9.47 Å². The predicted octanol–water partition coefficient (Wildman–Crippen LogP) is 4.59. The molecule has 0 atom stereocenters. The Morgan fingerprint density at radius 1 is 0.833 bits per heavy atom. The van der Waals surface area contributed by atoms with Crippen molar-refractivity contribution in [2.75, 3.05) is 13.2 Å². The summed E-state index contributed by atoms with van der Waals surface area (Å²) in [7, 11) is 0. The molecule has 2 amide bonds. The van der Waals surface area contributed by atoms with E-state index in [1.807, 2.05) is 56.3 Å². The van der Waals surface area contributed by atoms with Crippen molar-refractivity contribution in [2.24, 2.45) is 0 Å². The van der Waals surface area contributed by atoms with E-state index < -0.39 is 11.8 Å². The maximum Gasteiger partial charge on any atom is 0.276 e. The lowest BCUT2D eigenvalue weighted by atomic mass is 10.1. The summed E-state index contributed by atoms with van der Waals surface area (Å²) in [6, 6.07) is 15.2. The Morgan fingerprint density at radius 3 is 2.13 bits per heavy atom. The number of nitrogens with one attached hydrogen (secondary N) is 2. The summed E-state index contributed by atoms with van der Waals surface area (Å²) in [5.41, 5.74) is 6.67. The van der Waals surface area contributed by atoms with Gasteiger partial charge in [0, 0.05) is 4.47 Å². The van der Waals surface area contributed by atoms with Gasteiger partial charge in [0.05, 0.1) is 4.47 Å². The van der Waals surface area contributed by atoms with E-state index in [9.17, 15) is 9.59 Å². The van der Waals surface area contributed by atoms with Crippen LogP contribution in [-0.2, 0) is 9.59 Å². The number of hydrogen-bond acceptors (Lipinski definition) is 4. The number of benzene rings is 3. The van der Waals surface area contributed by atoms with Gasteiger partial charge in [0.2, 0.25) is 0 Å². The molecular formula is C22H20Br2N2O4. The summed E-state index contributed by atoms with van der Waals surface area (Å²) in [6.45, 7) is 3.43. The Morgan fingerprint density at radius 2 is 1.47 bits per heavy atom. The summed E-state index contributed by atoms with van der Waals surface area (Å²) < 4.78 is 12.8. The van der Waals surface area contributed by atoms with Crippen LogP contribution in [0, 0.1) is 13.8 Å². The van der Waals surface area contributed by atoms with Gasteiger partial charge in [-0.1, -0.05) is 45.8 Å². The van der Waals surface area contributed by atoms with Crippen LogP contribution in [0.1, 0.15) is 11.1 Å². The summed E-state index contributed by atoms with van der Waals surface area (Å²) in [5, 5.41) is 2.00. The molecule has 3 aromatic rings. The SMILES string of the molecule is Cc1ccc(OCC(=O)NNC(=O)COc2ccc3cc(Br)ccc3c2Br)c(C)c1. The van der Waals surface area contributed by atoms with Crippen molar-refractivity contribution >= 4 is 54.4 Å². The van der Waals surface area contributed by atoms with E-state index in [4.69, 9.17) is 9.47 Å². The third-order valence-corrected chi connectivity index (χ3v) is 5.58. The first-order chi connectivity index (χ1) is 14.3. The Kier molecular flexibility index (Phi) is 7.33. The van der Waals surface area contributed by atoms with Gasteiger partial charge in [-0.15, -0.1) is 0 Å². The average molecular weight is 536 g/mol. The van der Waals surface area contributed by atoms with Crippen LogP contribution in [0.3, 0.4) is 0 Å². The Labute approximate surface area is 191 Å². The van der Waals surface area contributed by atoms with Crippen LogP contribution in [0.4, 0.5) is 0 Å². The number of aryl methyl sites for hydroxylation is 2. The molecule has 0 heterocycles. The largest absolute Gasteiger partial charge is 0.483 e. The van der Waals surface area contributed by atoms with E-state index in [1.54, 1.807) is 6.07 Å². The second kappa shape index (κ2) is 9.95. The smallest absolute Gasteiger partial charge is 0.276 e. The van der Waals surface area contributed by atoms with Crippen molar-refractivity contribution in [3.8, 4) is 11.5 Å². The molecule has 30 heavy (non-hydrogen) atoms. The maximum absolute atomic E-state index is 12.0. The van der Waals surface area contributed by atoms with E-state index in [0.717, 1.165) is 30.8 Å². The molecule has 0 spiro atoms. The zero-order valence-corrected chi connectivity index (χ0v) is 19.6. The molecule has 0 saturated carbocycles. The van der Waals surface area contributed by atoms with Crippen LogP contribution in [0.5, 0.6) is 11.5 Å². The van der Waals surface area contributed by atoms with E-state index in [-0.39, 0.29) is 13.2 Å². The van der Waals surface area contributed by atoms with Gasteiger partial charge in [-0.2, -0.15) is 0 Å². The Hall–Kier alpha value is -2.58. The van der Waals surface area contributed by atoms with Crippen LogP contribution >= 0.6 is 31.9 Å².